The van der Waals surface area contributed by atoms with Crippen LogP contribution in [0.2, 0.25) is 0 Å². The summed E-state index contributed by atoms with van der Waals surface area (Å²) >= 11 is 1.67. The molecule has 0 saturated carbocycles. The molecule has 1 rings (SSSR count). The van der Waals surface area contributed by atoms with E-state index in [1.807, 2.05) is 5.38 Å². The predicted molar refractivity (Wildman–Crippen MR) is 79.9 cm³/mol. The van der Waals surface area contributed by atoms with Gasteiger partial charge < -0.3 is 11.1 Å². The zero-order valence-corrected chi connectivity index (χ0v) is 12.3. The maximum atomic E-state index is 11.4. The molecule has 1 amide bonds. The molecule has 1 aromatic rings. The maximum Gasteiger partial charge on any atom is 0.233 e. The second kappa shape index (κ2) is 8.70. The normalized spacial score (nSPS) is 10.1. The van der Waals surface area contributed by atoms with Crippen LogP contribution in [0.5, 0.6) is 0 Å². The summed E-state index contributed by atoms with van der Waals surface area (Å²) in [7, 11) is 1.66. The number of thiophene rings is 1. The quantitative estimate of drug-likeness (QED) is 0.764. The zero-order valence-electron chi connectivity index (χ0n) is 11.5. The fourth-order valence-electron chi connectivity index (χ4n) is 1.71. The van der Waals surface area contributed by atoms with Crippen molar-refractivity contribution in [1.82, 2.24) is 10.2 Å². The number of rotatable bonds is 6. The van der Waals surface area contributed by atoms with Crippen molar-refractivity contribution in [2.75, 3.05) is 26.7 Å². The molecule has 0 radical (unpaired) electrons. The summed E-state index contributed by atoms with van der Waals surface area (Å²) in [4.78, 5) is 14.8. The van der Waals surface area contributed by atoms with Crippen molar-refractivity contribution in [1.29, 1.82) is 0 Å². The maximum absolute atomic E-state index is 11.4. The first-order valence-corrected chi connectivity index (χ1v) is 7.26. The first kappa shape index (κ1) is 15.7. The molecule has 0 aliphatic carbocycles. The molecule has 19 heavy (non-hydrogen) atoms. The molecule has 0 aromatic carbocycles. The van der Waals surface area contributed by atoms with Crippen LogP contribution in [0.15, 0.2) is 11.4 Å². The molecule has 0 fully saturated rings. The van der Waals surface area contributed by atoms with Gasteiger partial charge in [-0.05, 0) is 19.0 Å². The van der Waals surface area contributed by atoms with Gasteiger partial charge in [-0.1, -0.05) is 18.8 Å². The van der Waals surface area contributed by atoms with Gasteiger partial charge >= 0.3 is 0 Å². The molecule has 0 spiro atoms. The van der Waals surface area contributed by atoms with Crippen LogP contribution in [0.1, 0.15) is 23.8 Å². The van der Waals surface area contributed by atoms with Crippen LogP contribution >= 0.6 is 11.3 Å². The molecular formula is C14H21N3OS. The smallest absolute Gasteiger partial charge is 0.233 e. The fraction of sp³-hybridized carbons (Fsp3) is 0.500. The SMILES string of the molecule is CCCN(CC(=O)NC)Cc1cc(C#CCN)cs1. The standard InChI is InChI=1S/C14H21N3OS/c1-3-7-17(10-14(18)16-2)9-13-8-12(11-19-13)5-4-6-15/h8,11H,3,6-7,9-10,15H2,1-2H3,(H,16,18). The van der Waals surface area contributed by atoms with Gasteiger partial charge in [0.05, 0.1) is 13.1 Å². The van der Waals surface area contributed by atoms with E-state index in [1.54, 1.807) is 18.4 Å². The molecule has 0 unspecified atom stereocenters. The molecule has 1 aromatic heterocycles. The van der Waals surface area contributed by atoms with E-state index < -0.39 is 0 Å². The Labute approximate surface area is 119 Å². The third-order valence-corrected chi connectivity index (χ3v) is 3.48. The summed E-state index contributed by atoms with van der Waals surface area (Å²) in [6.45, 7) is 4.63. The summed E-state index contributed by atoms with van der Waals surface area (Å²) in [5, 5.41) is 4.69. The van der Waals surface area contributed by atoms with Crippen LogP contribution in [0.25, 0.3) is 0 Å². The summed E-state index contributed by atoms with van der Waals surface area (Å²) in [6, 6.07) is 2.07. The minimum absolute atomic E-state index is 0.0492. The molecule has 4 nitrogen and oxygen atoms in total. The lowest BCUT2D eigenvalue weighted by atomic mass is 10.3. The van der Waals surface area contributed by atoms with E-state index in [4.69, 9.17) is 5.73 Å². The molecule has 0 aliphatic heterocycles. The predicted octanol–water partition coefficient (Wildman–Crippen LogP) is 1.02. The third-order valence-electron chi connectivity index (χ3n) is 2.55. The number of nitrogens with two attached hydrogens (primary N) is 1. The average Bonchev–Trinajstić information content (AvgIpc) is 2.84. The van der Waals surface area contributed by atoms with Crippen LogP contribution in [0.3, 0.4) is 0 Å². The number of carbonyl (C=O) groups excluding carboxylic acids is 1. The van der Waals surface area contributed by atoms with E-state index in [-0.39, 0.29) is 5.91 Å². The minimum atomic E-state index is 0.0492. The Balaban J connectivity index is 2.62. The molecule has 1 heterocycles. The van der Waals surface area contributed by atoms with Crippen molar-refractivity contribution in [2.45, 2.75) is 19.9 Å². The van der Waals surface area contributed by atoms with Crippen molar-refractivity contribution in [2.24, 2.45) is 5.73 Å². The summed E-state index contributed by atoms with van der Waals surface area (Å²) in [5.74, 6) is 5.91. The lowest BCUT2D eigenvalue weighted by molar-refractivity contribution is -0.121. The first-order valence-electron chi connectivity index (χ1n) is 6.38. The van der Waals surface area contributed by atoms with Crippen LogP contribution in [-0.2, 0) is 11.3 Å². The highest BCUT2D eigenvalue weighted by molar-refractivity contribution is 7.10. The van der Waals surface area contributed by atoms with Gasteiger partial charge in [-0.2, -0.15) is 0 Å². The molecule has 0 aliphatic rings. The van der Waals surface area contributed by atoms with Gasteiger partial charge in [0.2, 0.25) is 5.91 Å². The molecule has 3 N–H and O–H groups in total. The largest absolute Gasteiger partial charge is 0.358 e. The number of hydrogen-bond acceptors (Lipinski definition) is 4. The topological polar surface area (TPSA) is 58.4 Å². The number of amides is 1. The molecule has 0 saturated heterocycles. The van der Waals surface area contributed by atoms with Crippen molar-refractivity contribution >= 4 is 17.2 Å². The van der Waals surface area contributed by atoms with E-state index in [0.29, 0.717) is 13.1 Å². The highest BCUT2D eigenvalue weighted by atomic mass is 32.1. The average molecular weight is 279 g/mol. The van der Waals surface area contributed by atoms with Gasteiger partial charge in [0.15, 0.2) is 0 Å². The van der Waals surface area contributed by atoms with Gasteiger partial charge in [-0.25, -0.2) is 0 Å². The number of carbonyl (C=O) groups is 1. The summed E-state index contributed by atoms with van der Waals surface area (Å²) < 4.78 is 0. The van der Waals surface area contributed by atoms with E-state index in [2.05, 4.69) is 35.0 Å². The van der Waals surface area contributed by atoms with Crippen molar-refractivity contribution in [3.63, 3.8) is 0 Å². The Morgan fingerprint density at radius 2 is 2.37 bits per heavy atom. The first-order chi connectivity index (χ1) is 9.19. The lowest BCUT2D eigenvalue weighted by Gasteiger charge is -2.19. The number of nitrogens with one attached hydrogen (secondary N) is 1. The number of nitrogens with zero attached hydrogens (tertiary/aromatic N) is 1. The highest BCUT2D eigenvalue weighted by Crippen LogP contribution is 2.16. The molecule has 0 bridgehead atoms. The number of likely N-dealkylation sites (N-methyl/N-ethyl adjacent to an activating group) is 1. The molecular weight excluding hydrogens is 258 g/mol. The second-order valence-corrected chi connectivity index (χ2v) is 5.19. The van der Waals surface area contributed by atoms with Crippen LogP contribution in [0, 0.1) is 11.8 Å². The molecule has 5 heteroatoms. The molecule has 104 valence electrons. The van der Waals surface area contributed by atoms with Gasteiger partial charge in [0.1, 0.15) is 0 Å². The van der Waals surface area contributed by atoms with Gasteiger partial charge in [0, 0.05) is 29.4 Å². The Morgan fingerprint density at radius 3 is 3.00 bits per heavy atom. The minimum Gasteiger partial charge on any atom is -0.358 e. The number of hydrogen-bond donors (Lipinski definition) is 2. The fourth-order valence-corrected chi connectivity index (χ4v) is 2.57. The lowest BCUT2D eigenvalue weighted by Crippen LogP contribution is -2.35. The monoisotopic (exact) mass is 279 g/mol. The van der Waals surface area contributed by atoms with Gasteiger partial charge in [-0.15, -0.1) is 11.3 Å². The van der Waals surface area contributed by atoms with E-state index in [9.17, 15) is 4.79 Å². The Kier molecular flexibility index (Phi) is 7.19. The van der Waals surface area contributed by atoms with E-state index in [0.717, 1.165) is 25.1 Å². The van der Waals surface area contributed by atoms with Crippen molar-refractivity contribution in [3.8, 4) is 11.8 Å². The van der Waals surface area contributed by atoms with Crippen molar-refractivity contribution in [3.05, 3.63) is 21.9 Å². The Bertz CT molecular complexity index is 459. The van der Waals surface area contributed by atoms with Gasteiger partial charge in [-0.3, -0.25) is 9.69 Å². The van der Waals surface area contributed by atoms with Crippen molar-refractivity contribution < 1.29 is 4.79 Å². The zero-order chi connectivity index (χ0) is 14.1. The third kappa shape index (κ3) is 5.88. The molecule has 0 atom stereocenters. The van der Waals surface area contributed by atoms with Crippen LogP contribution in [0.4, 0.5) is 0 Å². The summed E-state index contributed by atoms with van der Waals surface area (Å²) in [6.07, 6.45) is 1.03. The van der Waals surface area contributed by atoms with Crippen LogP contribution in [-0.4, -0.2) is 37.5 Å². The van der Waals surface area contributed by atoms with Gasteiger partial charge in [0.25, 0.3) is 0 Å². The van der Waals surface area contributed by atoms with E-state index >= 15 is 0 Å². The summed E-state index contributed by atoms with van der Waals surface area (Å²) in [5.41, 5.74) is 6.35. The highest BCUT2D eigenvalue weighted by Gasteiger charge is 2.10. The Hall–Kier alpha value is -1.35. The van der Waals surface area contributed by atoms with Crippen LogP contribution < -0.4 is 11.1 Å². The van der Waals surface area contributed by atoms with E-state index in [1.165, 1.54) is 4.88 Å². The second-order valence-electron chi connectivity index (χ2n) is 4.19. The Morgan fingerprint density at radius 1 is 1.58 bits per heavy atom.